The molecule has 0 amide bonds. The standard InChI is InChI=1S/C28H37F2N3OS/c1-28(2,3)27(32(13-7-12-31)20-34-14-15-35)26-16-22(24-17-23(29)10-11-25(24)30)19-33(26)18-21-8-5-4-6-9-21/h4-6,8-11,16-17,19,27,35H,7,12-15,18,20,31H2,1-3H3. The molecule has 35 heavy (non-hydrogen) atoms. The highest BCUT2D eigenvalue weighted by atomic mass is 32.1. The van der Waals surface area contributed by atoms with Crippen molar-refractivity contribution >= 4 is 12.6 Å². The van der Waals surface area contributed by atoms with Gasteiger partial charge in [-0.25, -0.2) is 8.78 Å². The zero-order chi connectivity index (χ0) is 25.4. The molecule has 3 aromatic rings. The minimum atomic E-state index is -0.462. The van der Waals surface area contributed by atoms with Crippen molar-refractivity contribution in [2.45, 2.75) is 39.8 Å². The average molecular weight is 502 g/mol. The van der Waals surface area contributed by atoms with Gasteiger partial charge in [0.1, 0.15) is 11.6 Å². The van der Waals surface area contributed by atoms with E-state index in [1.165, 1.54) is 12.1 Å². The predicted octanol–water partition coefficient (Wildman–Crippen LogP) is 6.12. The highest BCUT2D eigenvalue weighted by Crippen LogP contribution is 2.41. The number of nitrogens with zero attached hydrogens (tertiary/aromatic N) is 2. The van der Waals surface area contributed by atoms with E-state index in [0.29, 0.717) is 37.7 Å². The third-order valence-corrected chi connectivity index (χ3v) is 6.16. The summed E-state index contributed by atoms with van der Waals surface area (Å²) in [5.41, 5.74) is 8.74. The molecule has 0 saturated carbocycles. The molecule has 190 valence electrons. The van der Waals surface area contributed by atoms with Gasteiger partial charge in [0.25, 0.3) is 0 Å². The second-order valence-electron chi connectivity index (χ2n) is 9.88. The van der Waals surface area contributed by atoms with Gasteiger partial charge in [-0.3, -0.25) is 4.90 Å². The van der Waals surface area contributed by atoms with Crippen molar-refractivity contribution < 1.29 is 13.5 Å². The van der Waals surface area contributed by atoms with Crippen molar-refractivity contribution in [1.29, 1.82) is 0 Å². The molecule has 4 nitrogen and oxygen atoms in total. The Balaban J connectivity index is 2.13. The number of benzene rings is 2. The monoisotopic (exact) mass is 501 g/mol. The lowest BCUT2D eigenvalue weighted by Crippen LogP contribution is -2.41. The third kappa shape index (κ3) is 7.40. The van der Waals surface area contributed by atoms with Gasteiger partial charge in [-0.2, -0.15) is 12.6 Å². The number of rotatable bonds is 12. The second kappa shape index (κ2) is 12.7. The van der Waals surface area contributed by atoms with Crippen LogP contribution in [0.4, 0.5) is 8.78 Å². The van der Waals surface area contributed by atoms with Crippen molar-refractivity contribution in [3.8, 4) is 11.1 Å². The molecule has 0 bridgehead atoms. The van der Waals surface area contributed by atoms with E-state index < -0.39 is 11.6 Å². The zero-order valence-electron chi connectivity index (χ0n) is 20.9. The highest BCUT2D eigenvalue weighted by Gasteiger charge is 2.34. The largest absolute Gasteiger partial charge is 0.365 e. The molecule has 1 aromatic heterocycles. The molecule has 0 spiro atoms. The summed E-state index contributed by atoms with van der Waals surface area (Å²) in [5.74, 6) is -0.270. The number of hydrogen-bond donors (Lipinski definition) is 2. The third-order valence-electron chi connectivity index (χ3n) is 5.97. The predicted molar refractivity (Wildman–Crippen MR) is 143 cm³/mol. The lowest BCUT2D eigenvalue weighted by molar-refractivity contribution is -0.0230. The zero-order valence-corrected chi connectivity index (χ0v) is 21.8. The Labute approximate surface area is 213 Å². The summed E-state index contributed by atoms with van der Waals surface area (Å²) in [6.45, 7) is 9.49. The van der Waals surface area contributed by atoms with Gasteiger partial charge in [-0.05, 0) is 48.2 Å². The molecule has 0 aliphatic rings. The molecule has 2 aromatic carbocycles. The summed E-state index contributed by atoms with van der Waals surface area (Å²) in [5, 5.41) is 0. The van der Waals surface area contributed by atoms with E-state index in [-0.39, 0.29) is 17.0 Å². The van der Waals surface area contributed by atoms with Gasteiger partial charge >= 0.3 is 0 Å². The lowest BCUT2D eigenvalue weighted by atomic mass is 9.83. The minimum Gasteiger partial charge on any atom is -0.365 e. The molecule has 3 rings (SSSR count). The number of halogens is 2. The maximum atomic E-state index is 14.8. The van der Waals surface area contributed by atoms with Crippen LogP contribution in [0.5, 0.6) is 0 Å². The fraction of sp³-hybridized carbons (Fsp3) is 0.429. The van der Waals surface area contributed by atoms with Crippen molar-refractivity contribution in [3.63, 3.8) is 0 Å². The normalized spacial score (nSPS) is 12.9. The lowest BCUT2D eigenvalue weighted by Gasteiger charge is -2.40. The number of hydrogen-bond acceptors (Lipinski definition) is 4. The second-order valence-corrected chi connectivity index (χ2v) is 10.3. The molecule has 2 N–H and O–H groups in total. The van der Waals surface area contributed by atoms with Crippen LogP contribution in [0.2, 0.25) is 0 Å². The van der Waals surface area contributed by atoms with E-state index >= 15 is 0 Å². The van der Waals surface area contributed by atoms with Gasteiger partial charge in [-0.15, -0.1) is 0 Å². The van der Waals surface area contributed by atoms with Crippen LogP contribution in [0.25, 0.3) is 11.1 Å². The summed E-state index contributed by atoms with van der Waals surface area (Å²) in [7, 11) is 0. The summed E-state index contributed by atoms with van der Waals surface area (Å²) in [6, 6.07) is 15.7. The van der Waals surface area contributed by atoms with E-state index in [4.69, 9.17) is 10.5 Å². The Bertz CT molecular complexity index is 1070. The first-order chi connectivity index (χ1) is 16.7. The first kappa shape index (κ1) is 27.4. The van der Waals surface area contributed by atoms with Crippen LogP contribution < -0.4 is 5.73 Å². The number of aromatic nitrogens is 1. The van der Waals surface area contributed by atoms with Gasteiger partial charge in [-0.1, -0.05) is 51.1 Å². The quantitative estimate of drug-likeness (QED) is 0.178. The van der Waals surface area contributed by atoms with Crippen LogP contribution in [0.3, 0.4) is 0 Å². The van der Waals surface area contributed by atoms with Crippen molar-refractivity contribution in [2.24, 2.45) is 11.1 Å². The van der Waals surface area contributed by atoms with E-state index in [2.05, 4.69) is 55.0 Å². The average Bonchev–Trinajstić information content (AvgIpc) is 3.21. The van der Waals surface area contributed by atoms with E-state index in [0.717, 1.165) is 30.3 Å². The highest BCUT2D eigenvalue weighted by molar-refractivity contribution is 7.80. The van der Waals surface area contributed by atoms with Crippen LogP contribution in [0, 0.1) is 17.0 Å². The maximum Gasteiger partial charge on any atom is 0.131 e. The van der Waals surface area contributed by atoms with Crippen molar-refractivity contribution in [2.75, 3.05) is 32.2 Å². The van der Waals surface area contributed by atoms with Crippen molar-refractivity contribution in [1.82, 2.24) is 9.47 Å². The summed E-state index contributed by atoms with van der Waals surface area (Å²) in [6.07, 6.45) is 2.75. The number of nitrogens with two attached hydrogens (primary N) is 1. The summed E-state index contributed by atoms with van der Waals surface area (Å²) >= 11 is 4.27. The van der Waals surface area contributed by atoms with Crippen LogP contribution in [0.15, 0.2) is 60.8 Å². The molecule has 1 atom stereocenters. The fourth-order valence-electron chi connectivity index (χ4n) is 4.53. The first-order valence-corrected chi connectivity index (χ1v) is 12.7. The van der Waals surface area contributed by atoms with E-state index in [9.17, 15) is 8.78 Å². The van der Waals surface area contributed by atoms with E-state index in [1.54, 1.807) is 0 Å². The van der Waals surface area contributed by atoms with Gasteiger partial charge in [0, 0.05) is 41.9 Å². The molecule has 0 saturated heterocycles. The molecular weight excluding hydrogens is 464 g/mol. The molecular formula is C28H37F2N3OS. The van der Waals surface area contributed by atoms with E-state index in [1.807, 2.05) is 30.5 Å². The molecule has 1 heterocycles. The molecule has 0 aliphatic heterocycles. The molecule has 7 heteroatoms. The van der Waals surface area contributed by atoms with Crippen LogP contribution in [-0.2, 0) is 11.3 Å². The minimum absolute atomic E-state index is 0.0527. The number of thiol groups is 1. The first-order valence-electron chi connectivity index (χ1n) is 12.1. The smallest absolute Gasteiger partial charge is 0.131 e. The Morgan fingerprint density at radius 3 is 2.49 bits per heavy atom. The van der Waals surface area contributed by atoms with Gasteiger partial charge in [0.05, 0.1) is 19.4 Å². The Hall–Kier alpha value is -2.19. The van der Waals surface area contributed by atoms with Crippen LogP contribution >= 0.6 is 12.6 Å². The van der Waals surface area contributed by atoms with Gasteiger partial charge < -0.3 is 15.0 Å². The summed E-state index contributed by atoms with van der Waals surface area (Å²) in [4.78, 5) is 2.29. The fourth-order valence-corrected chi connectivity index (χ4v) is 4.66. The SMILES string of the molecule is CC(C)(C)C(c1cc(-c2cc(F)ccc2F)cn1Cc1ccccc1)N(CCCN)COCCS. The van der Waals surface area contributed by atoms with Gasteiger partial charge in [0.15, 0.2) is 0 Å². The summed E-state index contributed by atoms with van der Waals surface area (Å²) < 4.78 is 36.9. The van der Waals surface area contributed by atoms with Crippen LogP contribution in [0.1, 0.15) is 44.5 Å². The molecule has 1 unspecified atom stereocenters. The number of ether oxygens (including phenoxy) is 1. The molecule has 0 aliphatic carbocycles. The van der Waals surface area contributed by atoms with Crippen LogP contribution in [-0.4, -0.2) is 41.6 Å². The molecule has 0 radical (unpaired) electrons. The maximum absolute atomic E-state index is 14.8. The van der Waals surface area contributed by atoms with Crippen molar-refractivity contribution in [3.05, 3.63) is 83.7 Å². The van der Waals surface area contributed by atoms with Gasteiger partial charge in [0.2, 0.25) is 0 Å². The molecule has 0 fully saturated rings. The Kier molecular flexibility index (Phi) is 9.92. The topological polar surface area (TPSA) is 43.4 Å². The Morgan fingerprint density at radius 1 is 1.09 bits per heavy atom. The Morgan fingerprint density at radius 2 is 1.83 bits per heavy atom.